The van der Waals surface area contributed by atoms with Crippen LogP contribution in [0.2, 0.25) is 0 Å². The van der Waals surface area contributed by atoms with E-state index in [1.54, 1.807) is 27.8 Å². The van der Waals surface area contributed by atoms with Gasteiger partial charge in [-0.3, -0.25) is 0 Å². The van der Waals surface area contributed by atoms with Crippen molar-refractivity contribution in [1.29, 1.82) is 0 Å². The Bertz CT molecular complexity index is 944. The first kappa shape index (κ1) is 13.9. The van der Waals surface area contributed by atoms with Crippen LogP contribution >= 0.6 is 11.3 Å². The number of nitrogens with zero attached hydrogens (tertiary/aromatic N) is 1. The summed E-state index contributed by atoms with van der Waals surface area (Å²) in [5.41, 5.74) is 1.14. The highest BCUT2D eigenvalue weighted by Crippen LogP contribution is 2.29. The van der Waals surface area contributed by atoms with Gasteiger partial charge < -0.3 is 0 Å². The maximum absolute atomic E-state index is 12.9. The molecule has 2 aromatic carbocycles. The van der Waals surface area contributed by atoms with Gasteiger partial charge in [-0.15, -0.1) is 11.3 Å². The summed E-state index contributed by atoms with van der Waals surface area (Å²) < 4.78 is 27.4. The van der Waals surface area contributed by atoms with Gasteiger partial charge in [-0.05, 0) is 46.3 Å². The van der Waals surface area contributed by atoms with Crippen LogP contribution in [0.1, 0.15) is 10.4 Å². The van der Waals surface area contributed by atoms with Crippen molar-refractivity contribution < 1.29 is 8.42 Å². The van der Waals surface area contributed by atoms with Gasteiger partial charge >= 0.3 is 0 Å². The van der Waals surface area contributed by atoms with Crippen molar-refractivity contribution in [2.75, 3.05) is 6.54 Å². The predicted molar refractivity (Wildman–Crippen MR) is 89.6 cm³/mol. The first-order valence-corrected chi connectivity index (χ1v) is 9.51. The third-order valence-corrected chi connectivity index (χ3v) is 7.00. The highest BCUT2D eigenvalue weighted by Gasteiger charge is 2.28. The molecule has 3 aromatic rings. The third kappa shape index (κ3) is 2.26. The van der Waals surface area contributed by atoms with Gasteiger partial charge in [0.25, 0.3) is 0 Å². The quantitative estimate of drug-likeness (QED) is 0.720. The van der Waals surface area contributed by atoms with Gasteiger partial charge in [-0.25, -0.2) is 8.42 Å². The molecule has 0 fully saturated rings. The molecule has 3 nitrogen and oxygen atoms in total. The van der Waals surface area contributed by atoms with Crippen LogP contribution in [-0.4, -0.2) is 19.3 Å². The van der Waals surface area contributed by atoms with Gasteiger partial charge in [0, 0.05) is 18.0 Å². The van der Waals surface area contributed by atoms with Gasteiger partial charge in [0.2, 0.25) is 10.0 Å². The first-order chi connectivity index (χ1) is 10.6. The number of rotatable bonds is 2. The lowest BCUT2D eigenvalue weighted by atomic mass is 10.1. The zero-order chi connectivity index (χ0) is 15.2. The van der Waals surface area contributed by atoms with Crippen molar-refractivity contribution in [3.05, 3.63) is 64.4 Å². The summed E-state index contributed by atoms with van der Waals surface area (Å²) in [7, 11) is -3.44. The molecule has 0 spiro atoms. The monoisotopic (exact) mass is 329 g/mol. The second-order valence-electron chi connectivity index (χ2n) is 5.47. The molecule has 1 aliphatic rings. The maximum Gasteiger partial charge on any atom is 0.243 e. The number of benzene rings is 2. The first-order valence-electron chi connectivity index (χ1n) is 7.19. The minimum atomic E-state index is -3.44. The molecule has 112 valence electrons. The molecule has 1 aromatic heterocycles. The SMILES string of the molecule is O=S(=O)(c1ccc2ccccc2c1)N1CCc2sccc2C1. The van der Waals surface area contributed by atoms with Crippen LogP contribution in [0, 0.1) is 0 Å². The molecule has 4 rings (SSSR count). The van der Waals surface area contributed by atoms with Gasteiger partial charge in [-0.1, -0.05) is 30.3 Å². The summed E-state index contributed by atoms with van der Waals surface area (Å²) in [6.07, 6.45) is 0.805. The predicted octanol–water partition coefficient (Wildman–Crippen LogP) is 3.65. The van der Waals surface area contributed by atoms with Crippen molar-refractivity contribution in [3.63, 3.8) is 0 Å². The maximum atomic E-state index is 12.9. The highest BCUT2D eigenvalue weighted by atomic mass is 32.2. The fourth-order valence-electron chi connectivity index (χ4n) is 2.90. The average molecular weight is 329 g/mol. The molecule has 0 amide bonds. The van der Waals surface area contributed by atoms with Crippen LogP contribution in [0.3, 0.4) is 0 Å². The smallest absolute Gasteiger partial charge is 0.207 e. The number of thiophene rings is 1. The van der Waals surface area contributed by atoms with E-state index >= 15 is 0 Å². The molecular weight excluding hydrogens is 314 g/mol. The van der Waals surface area contributed by atoms with Crippen LogP contribution in [0.5, 0.6) is 0 Å². The largest absolute Gasteiger partial charge is 0.243 e. The molecule has 5 heteroatoms. The van der Waals surface area contributed by atoms with E-state index in [0.717, 1.165) is 22.8 Å². The number of sulfonamides is 1. The molecule has 0 N–H and O–H groups in total. The molecule has 0 saturated heterocycles. The molecule has 0 atom stereocenters. The molecule has 0 unspecified atom stereocenters. The van der Waals surface area contributed by atoms with Crippen LogP contribution in [-0.2, 0) is 23.0 Å². The van der Waals surface area contributed by atoms with E-state index < -0.39 is 10.0 Å². The molecule has 0 aliphatic carbocycles. The molecule has 2 heterocycles. The lowest BCUT2D eigenvalue weighted by Gasteiger charge is -2.26. The summed E-state index contributed by atoms with van der Waals surface area (Å²) in [6, 6.07) is 15.2. The zero-order valence-corrected chi connectivity index (χ0v) is 13.5. The van der Waals surface area contributed by atoms with E-state index in [1.165, 1.54) is 4.88 Å². The summed E-state index contributed by atoms with van der Waals surface area (Å²) >= 11 is 1.71. The van der Waals surface area contributed by atoms with Crippen molar-refractivity contribution in [1.82, 2.24) is 4.31 Å². The van der Waals surface area contributed by atoms with Crippen molar-refractivity contribution in [2.45, 2.75) is 17.9 Å². The third-order valence-electron chi connectivity index (χ3n) is 4.13. The summed E-state index contributed by atoms with van der Waals surface area (Å²) in [6.45, 7) is 1.04. The zero-order valence-electron chi connectivity index (χ0n) is 11.9. The van der Waals surface area contributed by atoms with E-state index in [-0.39, 0.29) is 0 Å². The lowest BCUT2D eigenvalue weighted by Crippen LogP contribution is -2.35. The number of hydrogen-bond acceptors (Lipinski definition) is 3. The number of hydrogen-bond donors (Lipinski definition) is 0. The fourth-order valence-corrected chi connectivity index (χ4v) is 5.25. The molecule has 0 saturated carbocycles. The minimum Gasteiger partial charge on any atom is -0.207 e. The van der Waals surface area contributed by atoms with E-state index in [0.29, 0.717) is 18.0 Å². The van der Waals surface area contributed by atoms with Crippen LogP contribution in [0.4, 0.5) is 0 Å². The molecule has 22 heavy (non-hydrogen) atoms. The van der Waals surface area contributed by atoms with Crippen LogP contribution < -0.4 is 0 Å². The minimum absolute atomic E-state index is 0.380. The average Bonchev–Trinajstić information content (AvgIpc) is 3.02. The Labute approximate surface area is 133 Å². The Hall–Kier alpha value is -1.69. The van der Waals surface area contributed by atoms with Crippen molar-refractivity contribution in [3.8, 4) is 0 Å². The second kappa shape index (κ2) is 5.19. The van der Waals surface area contributed by atoms with E-state index in [4.69, 9.17) is 0 Å². The Balaban J connectivity index is 1.73. The van der Waals surface area contributed by atoms with Gasteiger partial charge in [-0.2, -0.15) is 4.31 Å². The molecular formula is C17H15NO2S2. The Morgan fingerprint density at radius 2 is 1.82 bits per heavy atom. The van der Waals surface area contributed by atoms with Crippen LogP contribution in [0.15, 0.2) is 58.8 Å². The van der Waals surface area contributed by atoms with E-state index in [2.05, 4.69) is 0 Å². The van der Waals surface area contributed by atoms with Gasteiger partial charge in [0.15, 0.2) is 0 Å². The van der Waals surface area contributed by atoms with Crippen molar-refractivity contribution in [2.24, 2.45) is 0 Å². The fraction of sp³-hybridized carbons (Fsp3) is 0.176. The van der Waals surface area contributed by atoms with Gasteiger partial charge in [0.1, 0.15) is 0 Å². The van der Waals surface area contributed by atoms with E-state index in [9.17, 15) is 8.42 Å². The standard InChI is InChI=1S/C17H15NO2S2/c19-22(20,18-9-7-17-15(12-18)8-10-21-17)16-6-5-13-3-1-2-4-14(13)11-16/h1-6,8,10-11H,7,9,12H2. The molecule has 0 radical (unpaired) electrons. The Morgan fingerprint density at radius 3 is 2.68 bits per heavy atom. The summed E-state index contributed by atoms with van der Waals surface area (Å²) in [5, 5.41) is 4.05. The molecule has 0 bridgehead atoms. The van der Waals surface area contributed by atoms with Crippen molar-refractivity contribution >= 4 is 32.1 Å². The Kier molecular flexibility index (Phi) is 3.29. The topological polar surface area (TPSA) is 37.4 Å². The number of fused-ring (bicyclic) bond motifs is 2. The summed E-state index contributed by atoms with van der Waals surface area (Å²) in [4.78, 5) is 1.69. The lowest BCUT2D eigenvalue weighted by molar-refractivity contribution is 0.394. The van der Waals surface area contributed by atoms with E-state index in [1.807, 2.05) is 41.8 Å². The van der Waals surface area contributed by atoms with Crippen LogP contribution in [0.25, 0.3) is 10.8 Å². The molecule has 1 aliphatic heterocycles. The Morgan fingerprint density at radius 1 is 1.00 bits per heavy atom. The second-order valence-corrected chi connectivity index (χ2v) is 8.41. The van der Waals surface area contributed by atoms with Gasteiger partial charge in [0.05, 0.1) is 4.90 Å². The summed E-state index contributed by atoms with van der Waals surface area (Å²) in [5.74, 6) is 0. The highest BCUT2D eigenvalue weighted by molar-refractivity contribution is 7.89. The normalized spacial score (nSPS) is 15.8.